The Morgan fingerprint density at radius 2 is 1.75 bits per heavy atom. The number of hydrogen-bond donors (Lipinski definition) is 0. The average molecular weight is 224 g/mol. The molecule has 0 aromatic carbocycles. The Hall–Kier alpha value is -0.0800. The molecule has 0 aliphatic heterocycles. The number of rotatable bonds is 6. The van der Waals surface area contributed by atoms with E-state index in [9.17, 15) is 0 Å². The Labute approximate surface area is 101 Å². The Morgan fingerprint density at radius 3 is 2.25 bits per heavy atom. The number of nitrogens with zero attached hydrogens (tertiary/aromatic N) is 2. The van der Waals surface area contributed by atoms with Crippen molar-refractivity contribution >= 4 is 0 Å². The standard InChI is InChI=1S/C14H28N2/c1-4-16(5-2)9-8-15(3)14-11-12-6-7-13(14)10-12/h12-14H,4-11H2,1-3H3. The van der Waals surface area contributed by atoms with E-state index in [1.807, 2.05) is 0 Å². The van der Waals surface area contributed by atoms with Crippen molar-refractivity contribution in [1.82, 2.24) is 9.80 Å². The van der Waals surface area contributed by atoms with Crippen molar-refractivity contribution in [3.05, 3.63) is 0 Å². The van der Waals surface area contributed by atoms with Crippen LogP contribution in [0.25, 0.3) is 0 Å². The van der Waals surface area contributed by atoms with Crippen molar-refractivity contribution in [2.45, 2.75) is 45.6 Å². The topological polar surface area (TPSA) is 6.48 Å². The number of hydrogen-bond acceptors (Lipinski definition) is 2. The van der Waals surface area contributed by atoms with Crippen LogP contribution >= 0.6 is 0 Å². The smallest absolute Gasteiger partial charge is 0.0124 e. The van der Waals surface area contributed by atoms with E-state index in [0.717, 1.165) is 17.9 Å². The van der Waals surface area contributed by atoms with Crippen LogP contribution in [0, 0.1) is 11.8 Å². The molecule has 0 radical (unpaired) electrons. The zero-order chi connectivity index (χ0) is 11.5. The van der Waals surface area contributed by atoms with Crippen molar-refractivity contribution in [2.24, 2.45) is 11.8 Å². The van der Waals surface area contributed by atoms with Crippen LogP contribution in [0.15, 0.2) is 0 Å². The molecule has 2 rings (SSSR count). The first-order valence-corrected chi connectivity index (χ1v) is 7.17. The molecule has 16 heavy (non-hydrogen) atoms. The zero-order valence-electron chi connectivity index (χ0n) is 11.3. The quantitative estimate of drug-likeness (QED) is 0.684. The van der Waals surface area contributed by atoms with E-state index < -0.39 is 0 Å². The van der Waals surface area contributed by atoms with Crippen molar-refractivity contribution in [2.75, 3.05) is 33.2 Å². The van der Waals surface area contributed by atoms with E-state index in [0.29, 0.717) is 0 Å². The summed E-state index contributed by atoms with van der Waals surface area (Å²) in [6.07, 6.45) is 6.04. The summed E-state index contributed by atoms with van der Waals surface area (Å²) in [6, 6.07) is 0.911. The molecule has 94 valence electrons. The van der Waals surface area contributed by atoms with Crippen LogP contribution in [-0.2, 0) is 0 Å². The molecule has 2 nitrogen and oxygen atoms in total. The van der Waals surface area contributed by atoms with Gasteiger partial charge >= 0.3 is 0 Å². The van der Waals surface area contributed by atoms with Gasteiger partial charge in [-0.3, -0.25) is 0 Å². The van der Waals surface area contributed by atoms with E-state index in [4.69, 9.17) is 0 Å². The highest BCUT2D eigenvalue weighted by molar-refractivity contribution is 4.94. The van der Waals surface area contributed by atoms with Crippen LogP contribution < -0.4 is 0 Å². The van der Waals surface area contributed by atoms with Gasteiger partial charge in [0.25, 0.3) is 0 Å². The van der Waals surface area contributed by atoms with Gasteiger partial charge in [-0.15, -0.1) is 0 Å². The molecular weight excluding hydrogens is 196 g/mol. The lowest BCUT2D eigenvalue weighted by Crippen LogP contribution is -2.41. The van der Waals surface area contributed by atoms with E-state index >= 15 is 0 Å². The average Bonchev–Trinajstić information content (AvgIpc) is 2.91. The van der Waals surface area contributed by atoms with Gasteiger partial charge < -0.3 is 9.80 Å². The maximum atomic E-state index is 2.64. The van der Waals surface area contributed by atoms with Crippen molar-refractivity contribution < 1.29 is 0 Å². The second-order valence-electron chi connectivity index (χ2n) is 5.75. The van der Waals surface area contributed by atoms with Gasteiger partial charge in [-0.05, 0) is 51.2 Å². The van der Waals surface area contributed by atoms with Gasteiger partial charge in [-0.1, -0.05) is 20.3 Å². The summed E-state index contributed by atoms with van der Waals surface area (Å²) in [5.41, 5.74) is 0. The molecule has 0 amide bonds. The van der Waals surface area contributed by atoms with E-state index in [1.165, 1.54) is 51.9 Å². The molecule has 0 saturated heterocycles. The lowest BCUT2D eigenvalue weighted by atomic mass is 9.94. The Kier molecular flexibility index (Phi) is 4.26. The van der Waals surface area contributed by atoms with Gasteiger partial charge in [0.05, 0.1) is 0 Å². The predicted molar refractivity (Wildman–Crippen MR) is 69.7 cm³/mol. The highest BCUT2D eigenvalue weighted by atomic mass is 15.2. The molecular formula is C14H28N2. The van der Waals surface area contributed by atoms with Gasteiger partial charge in [0, 0.05) is 19.1 Å². The maximum Gasteiger partial charge on any atom is 0.0124 e. The van der Waals surface area contributed by atoms with Gasteiger partial charge in [0.2, 0.25) is 0 Å². The summed E-state index contributed by atoms with van der Waals surface area (Å²) in [6.45, 7) is 9.43. The second-order valence-corrected chi connectivity index (χ2v) is 5.75. The van der Waals surface area contributed by atoms with Crippen LogP contribution in [0.5, 0.6) is 0 Å². The molecule has 2 aliphatic rings. The van der Waals surface area contributed by atoms with E-state index in [1.54, 1.807) is 0 Å². The monoisotopic (exact) mass is 224 g/mol. The summed E-state index contributed by atoms with van der Waals surface area (Å²) in [5, 5.41) is 0. The third kappa shape index (κ3) is 2.60. The molecule has 2 aliphatic carbocycles. The second kappa shape index (κ2) is 5.50. The molecule has 3 unspecified atom stereocenters. The molecule has 0 aromatic heterocycles. The van der Waals surface area contributed by atoms with Crippen LogP contribution in [0.4, 0.5) is 0 Å². The van der Waals surface area contributed by atoms with Crippen molar-refractivity contribution in [3.63, 3.8) is 0 Å². The summed E-state index contributed by atoms with van der Waals surface area (Å²) in [4.78, 5) is 5.17. The van der Waals surface area contributed by atoms with Gasteiger partial charge in [0.1, 0.15) is 0 Å². The molecule has 0 spiro atoms. The first-order chi connectivity index (χ1) is 7.74. The summed E-state index contributed by atoms with van der Waals surface area (Å²) >= 11 is 0. The van der Waals surface area contributed by atoms with E-state index in [2.05, 4.69) is 30.7 Å². The highest BCUT2D eigenvalue weighted by Crippen LogP contribution is 2.46. The fourth-order valence-corrected chi connectivity index (χ4v) is 3.76. The third-order valence-electron chi connectivity index (χ3n) is 4.93. The molecule has 0 heterocycles. The predicted octanol–water partition coefficient (Wildman–Crippen LogP) is 2.45. The SMILES string of the molecule is CCN(CC)CCN(C)C1CC2CCC1C2. The Bertz CT molecular complexity index is 213. The first kappa shape index (κ1) is 12.4. The fourth-order valence-electron chi connectivity index (χ4n) is 3.76. The van der Waals surface area contributed by atoms with Crippen LogP contribution in [-0.4, -0.2) is 49.1 Å². The van der Waals surface area contributed by atoms with Gasteiger partial charge in [-0.2, -0.15) is 0 Å². The lowest BCUT2D eigenvalue weighted by molar-refractivity contribution is 0.153. The molecule has 2 heteroatoms. The van der Waals surface area contributed by atoms with Crippen LogP contribution in [0.3, 0.4) is 0 Å². The van der Waals surface area contributed by atoms with E-state index in [-0.39, 0.29) is 0 Å². The number of likely N-dealkylation sites (N-methyl/N-ethyl adjacent to an activating group) is 2. The first-order valence-electron chi connectivity index (χ1n) is 7.17. The lowest BCUT2D eigenvalue weighted by Gasteiger charge is -2.33. The summed E-state index contributed by atoms with van der Waals surface area (Å²) in [5.74, 6) is 2.11. The largest absolute Gasteiger partial charge is 0.303 e. The van der Waals surface area contributed by atoms with Gasteiger partial charge in [0.15, 0.2) is 0 Å². The van der Waals surface area contributed by atoms with Crippen LogP contribution in [0.1, 0.15) is 39.5 Å². The molecule has 0 N–H and O–H groups in total. The summed E-state index contributed by atoms with van der Waals surface area (Å²) in [7, 11) is 2.34. The molecule has 2 bridgehead atoms. The normalized spacial score (nSPS) is 33.2. The fraction of sp³-hybridized carbons (Fsp3) is 1.00. The van der Waals surface area contributed by atoms with Crippen molar-refractivity contribution in [1.29, 1.82) is 0 Å². The zero-order valence-corrected chi connectivity index (χ0v) is 11.3. The Morgan fingerprint density at radius 1 is 1.00 bits per heavy atom. The minimum absolute atomic E-state index is 0.911. The maximum absolute atomic E-state index is 2.64. The number of fused-ring (bicyclic) bond motifs is 2. The third-order valence-corrected chi connectivity index (χ3v) is 4.93. The van der Waals surface area contributed by atoms with Gasteiger partial charge in [-0.25, -0.2) is 0 Å². The molecule has 0 aromatic rings. The molecule has 2 fully saturated rings. The van der Waals surface area contributed by atoms with Crippen LogP contribution in [0.2, 0.25) is 0 Å². The molecule has 3 atom stereocenters. The molecule has 2 saturated carbocycles. The highest BCUT2D eigenvalue weighted by Gasteiger charge is 2.40. The minimum Gasteiger partial charge on any atom is -0.303 e. The summed E-state index contributed by atoms with van der Waals surface area (Å²) < 4.78 is 0. The Balaban J connectivity index is 1.73. The minimum atomic E-state index is 0.911. The van der Waals surface area contributed by atoms with Crippen molar-refractivity contribution in [3.8, 4) is 0 Å².